The summed E-state index contributed by atoms with van der Waals surface area (Å²) < 4.78 is 9.76. The SMILES string of the molecule is Cc1cc(N2CCc3c(c(C)nn3CC34CCC(NC(=O)OC(C)(C)C)(CC3)CC4)C2)c2cnn(C)c2n1. The maximum Gasteiger partial charge on any atom is 0.408 e. The Hall–Kier alpha value is -3.10. The van der Waals surface area contributed by atoms with Crippen LogP contribution in [-0.4, -0.2) is 48.3 Å². The van der Waals surface area contributed by atoms with E-state index in [4.69, 9.17) is 14.8 Å². The summed E-state index contributed by atoms with van der Waals surface area (Å²) in [5, 5.41) is 13.9. The molecule has 0 unspecified atom stereocenters. The molecule has 204 valence electrons. The normalized spacial score (nSPS) is 25.1. The van der Waals surface area contributed by atoms with Gasteiger partial charge in [0, 0.05) is 55.6 Å². The molecule has 3 aromatic heterocycles. The lowest BCUT2D eigenvalue weighted by atomic mass is 9.57. The minimum atomic E-state index is -0.472. The number of rotatable bonds is 4. The number of carbonyl (C=O) groups excluding carboxylic acids is 1. The van der Waals surface area contributed by atoms with E-state index in [1.165, 1.54) is 16.9 Å². The van der Waals surface area contributed by atoms with Gasteiger partial charge in [-0.1, -0.05) is 0 Å². The first kappa shape index (κ1) is 25.2. The predicted molar refractivity (Wildman–Crippen MR) is 147 cm³/mol. The van der Waals surface area contributed by atoms with Crippen molar-refractivity contribution in [1.29, 1.82) is 0 Å². The zero-order valence-corrected chi connectivity index (χ0v) is 23.7. The molecular weight excluding hydrogens is 478 g/mol. The first-order valence-corrected chi connectivity index (χ1v) is 14.1. The molecule has 4 aliphatic rings. The van der Waals surface area contributed by atoms with Crippen molar-refractivity contribution in [3.8, 4) is 0 Å². The summed E-state index contributed by atoms with van der Waals surface area (Å²) in [5.74, 6) is 0. The van der Waals surface area contributed by atoms with Crippen molar-refractivity contribution in [2.75, 3.05) is 11.4 Å². The molecule has 38 heavy (non-hydrogen) atoms. The van der Waals surface area contributed by atoms with Gasteiger partial charge in [0.25, 0.3) is 0 Å². The summed E-state index contributed by atoms with van der Waals surface area (Å²) in [6.07, 6.45) is 9.07. The summed E-state index contributed by atoms with van der Waals surface area (Å²) in [6.45, 7) is 12.8. The maximum absolute atomic E-state index is 12.5. The molecule has 9 heteroatoms. The second-order valence-electron chi connectivity index (χ2n) is 13.0. The van der Waals surface area contributed by atoms with Crippen LogP contribution in [0.15, 0.2) is 12.3 Å². The third-order valence-electron chi connectivity index (χ3n) is 9.14. The van der Waals surface area contributed by atoms with Gasteiger partial charge in [0.05, 0.1) is 23.0 Å². The lowest BCUT2D eigenvalue weighted by Gasteiger charge is -2.53. The van der Waals surface area contributed by atoms with Gasteiger partial charge in [0.15, 0.2) is 5.65 Å². The number of alkyl carbamates (subject to hydrolysis) is 1. The Kier molecular flexibility index (Phi) is 5.78. The van der Waals surface area contributed by atoms with Crippen LogP contribution < -0.4 is 10.2 Å². The van der Waals surface area contributed by atoms with Crippen LogP contribution in [0.25, 0.3) is 11.0 Å². The van der Waals surface area contributed by atoms with Gasteiger partial charge in [-0.3, -0.25) is 9.36 Å². The van der Waals surface area contributed by atoms with Crippen LogP contribution in [0.3, 0.4) is 0 Å². The lowest BCUT2D eigenvalue weighted by Crippen LogP contribution is -2.58. The van der Waals surface area contributed by atoms with Crippen molar-refractivity contribution >= 4 is 22.8 Å². The van der Waals surface area contributed by atoms with Crippen molar-refractivity contribution in [2.24, 2.45) is 12.5 Å². The minimum absolute atomic E-state index is 0.107. The predicted octanol–water partition coefficient (Wildman–Crippen LogP) is 4.96. The molecule has 9 nitrogen and oxygen atoms in total. The van der Waals surface area contributed by atoms with E-state index in [2.05, 4.69) is 39.9 Å². The number of aromatic nitrogens is 5. The van der Waals surface area contributed by atoms with Gasteiger partial charge >= 0.3 is 6.09 Å². The van der Waals surface area contributed by atoms with Gasteiger partial charge < -0.3 is 15.0 Å². The van der Waals surface area contributed by atoms with Crippen LogP contribution in [-0.2, 0) is 31.3 Å². The highest BCUT2D eigenvalue weighted by Crippen LogP contribution is 2.53. The summed E-state index contributed by atoms with van der Waals surface area (Å²) in [7, 11) is 1.95. The molecule has 7 rings (SSSR count). The van der Waals surface area contributed by atoms with Crippen LogP contribution in [0, 0.1) is 19.3 Å². The Morgan fingerprint density at radius 2 is 1.84 bits per heavy atom. The van der Waals surface area contributed by atoms with Crippen LogP contribution in [0.4, 0.5) is 10.5 Å². The van der Waals surface area contributed by atoms with Crippen molar-refractivity contribution in [3.63, 3.8) is 0 Å². The fraction of sp³-hybridized carbons (Fsp3) is 0.655. The molecule has 0 saturated heterocycles. The fourth-order valence-corrected chi connectivity index (χ4v) is 7.01. The Bertz CT molecular complexity index is 1370. The number of hydrogen-bond acceptors (Lipinski definition) is 6. The fourth-order valence-electron chi connectivity index (χ4n) is 7.01. The van der Waals surface area contributed by atoms with Gasteiger partial charge in [-0.15, -0.1) is 0 Å². The zero-order chi connectivity index (χ0) is 26.9. The average molecular weight is 520 g/mol. The molecule has 3 fully saturated rings. The van der Waals surface area contributed by atoms with Crippen LogP contribution in [0.1, 0.15) is 81.9 Å². The molecule has 0 atom stereocenters. The standard InChI is InChI=1S/C29H41N7O2/c1-19-15-24(21-16-30-34(6)25(21)31-19)35-14-7-23-22(17-35)20(2)33-36(23)18-28-8-11-29(12-9-28,13-10-28)32-26(37)38-27(3,4)5/h15-16H,7-14,17-18H2,1-6H3,(H,32,37). The average Bonchev–Trinajstić information content (AvgIpc) is 3.37. The van der Waals surface area contributed by atoms with Gasteiger partial charge in [-0.05, 0) is 84.6 Å². The number of nitrogens with zero attached hydrogens (tertiary/aromatic N) is 6. The number of nitrogens with one attached hydrogen (secondary N) is 1. The molecule has 2 bridgehead atoms. The smallest absolute Gasteiger partial charge is 0.408 e. The molecule has 3 saturated carbocycles. The molecule has 1 aliphatic heterocycles. The number of anilines is 1. The van der Waals surface area contributed by atoms with Crippen molar-refractivity contribution in [1.82, 2.24) is 29.9 Å². The Morgan fingerprint density at radius 1 is 1.13 bits per heavy atom. The molecular formula is C29H41N7O2. The number of ether oxygens (including phenoxy) is 1. The first-order chi connectivity index (χ1) is 17.9. The van der Waals surface area contributed by atoms with E-state index in [0.29, 0.717) is 0 Å². The van der Waals surface area contributed by atoms with Gasteiger partial charge in [-0.25, -0.2) is 9.78 Å². The quantitative estimate of drug-likeness (QED) is 0.524. The minimum Gasteiger partial charge on any atom is -0.444 e. The van der Waals surface area contributed by atoms with Crippen LogP contribution >= 0.6 is 0 Å². The second kappa shape index (κ2) is 8.71. The highest BCUT2D eigenvalue weighted by atomic mass is 16.6. The van der Waals surface area contributed by atoms with Gasteiger partial charge in [0.1, 0.15) is 5.60 Å². The van der Waals surface area contributed by atoms with Crippen molar-refractivity contribution < 1.29 is 9.53 Å². The van der Waals surface area contributed by atoms with Crippen LogP contribution in [0.5, 0.6) is 0 Å². The second-order valence-corrected chi connectivity index (χ2v) is 13.0. The highest BCUT2D eigenvalue weighted by molar-refractivity contribution is 5.89. The largest absolute Gasteiger partial charge is 0.444 e. The molecule has 3 aromatic rings. The number of pyridine rings is 1. The number of hydrogen-bond donors (Lipinski definition) is 1. The first-order valence-electron chi connectivity index (χ1n) is 14.1. The maximum atomic E-state index is 12.5. The molecule has 1 amide bonds. The monoisotopic (exact) mass is 519 g/mol. The highest BCUT2D eigenvalue weighted by Gasteiger charge is 2.50. The van der Waals surface area contributed by atoms with E-state index in [9.17, 15) is 4.79 Å². The number of amides is 1. The summed E-state index contributed by atoms with van der Waals surface area (Å²) in [4.78, 5) is 19.7. The van der Waals surface area contributed by atoms with Gasteiger partial charge in [-0.2, -0.15) is 10.2 Å². The third-order valence-corrected chi connectivity index (χ3v) is 9.14. The topological polar surface area (TPSA) is 90.1 Å². The zero-order valence-electron chi connectivity index (χ0n) is 23.7. The van der Waals surface area contributed by atoms with Crippen molar-refractivity contribution in [2.45, 2.75) is 104 Å². The Balaban J connectivity index is 1.17. The molecule has 1 N–H and O–H groups in total. The summed E-state index contributed by atoms with van der Waals surface area (Å²) in [5.41, 5.74) is 6.76. The molecule has 4 heterocycles. The van der Waals surface area contributed by atoms with E-state index >= 15 is 0 Å². The summed E-state index contributed by atoms with van der Waals surface area (Å²) >= 11 is 0. The summed E-state index contributed by atoms with van der Waals surface area (Å²) in [6, 6.07) is 2.19. The van der Waals surface area contributed by atoms with Crippen LogP contribution in [0.2, 0.25) is 0 Å². The van der Waals surface area contributed by atoms with E-state index in [1.807, 2.05) is 38.7 Å². The lowest BCUT2D eigenvalue weighted by molar-refractivity contribution is -0.00519. The van der Waals surface area contributed by atoms with E-state index in [0.717, 1.165) is 87.0 Å². The molecule has 3 aliphatic carbocycles. The van der Waals surface area contributed by atoms with Gasteiger partial charge in [0.2, 0.25) is 0 Å². The Labute approximate surface area is 224 Å². The number of aryl methyl sites for hydroxylation is 3. The van der Waals surface area contributed by atoms with E-state index < -0.39 is 5.60 Å². The third kappa shape index (κ3) is 4.43. The molecule has 0 radical (unpaired) electrons. The number of fused-ring (bicyclic) bond motifs is 5. The van der Waals surface area contributed by atoms with Crippen molar-refractivity contribution in [3.05, 3.63) is 34.9 Å². The Morgan fingerprint density at radius 3 is 2.53 bits per heavy atom. The van der Waals surface area contributed by atoms with E-state index in [1.54, 1.807) is 0 Å². The van der Waals surface area contributed by atoms with E-state index in [-0.39, 0.29) is 17.0 Å². The number of carbonyl (C=O) groups is 1. The molecule has 0 spiro atoms. The molecule has 0 aromatic carbocycles.